The van der Waals surface area contributed by atoms with Crippen LogP contribution in [0.1, 0.15) is 87.5 Å². The van der Waals surface area contributed by atoms with E-state index in [0.29, 0.717) is 12.8 Å². The lowest BCUT2D eigenvalue weighted by atomic mass is 9.42. The number of ether oxygens (including phenoxy) is 3. The predicted molar refractivity (Wildman–Crippen MR) is 159 cm³/mol. The van der Waals surface area contributed by atoms with E-state index in [1.54, 1.807) is 21.0 Å². The van der Waals surface area contributed by atoms with E-state index in [-0.39, 0.29) is 34.4 Å². The van der Waals surface area contributed by atoms with E-state index >= 15 is 0 Å². The fourth-order valence-electron chi connectivity index (χ4n) is 8.45. The third-order valence-electron chi connectivity index (χ3n) is 10.4. The topological polar surface area (TPSA) is 99.1 Å². The molecule has 228 valence electrons. The largest absolute Gasteiger partial charge is 0.468 e. The Labute approximate surface area is 246 Å². The molecule has 7 nitrogen and oxygen atoms in total. The van der Waals surface area contributed by atoms with Gasteiger partial charge in [-0.2, -0.15) is 0 Å². The molecule has 0 spiro atoms. The van der Waals surface area contributed by atoms with E-state index in [4.69, 9.17) is 14.2 Å². The molecule has 41 heavy (non-hydrogen) atoms. The van der Waals surface area contributed by atoms with E-state index in [2.05, 4.69) is 13.8 Å². The average Bonchev–Trinajstić information content (AvgIpc) is 3.15. The molecule has 0 aliphatic heterocycles. The number of fused-ring (bicyclic) bond motifs is 3. The third-order valence-corrected chi connectivity index (χ3v) is 10.4. The first kappa shape index (κ1) is 33.0. The smallest absolute Gasteiger partial charge is 0.315 e. The molecule has 0 bridgehead atoms. The van der Waals surface area contributed by atoms with Gasteiger partial charge in [-0.05, 0) is 83.1 Å². The average molecular weight is 571 g/mol. The van der Waals surface area contributed by atoms with Crippen LogP contribution in [0.3, 0.4) is 0 Å². The minimum Gasteiger partial charge on any atom is -0.468 e. The fraction of sp³-hybridized carbons (Fsp3) is 0.676. The number of aliphatic hydroxyl groups is 1. The van der Waals surface area contributed by atoms with Gasteiger partial charge in [0.1, 0.15) is 17.6 Å². The Bertz CT molecular complexity index is 1170. The minimum atomic E-state index is -0.985. The van der Waals surface area contributed by atoms with Crippen molar-refractivity contribution in [3.63, 3.8) is 0 Å². The summed E-state index contributed by atoms with van der Waals surface area (Å²) in [5.41, 5.74) is 0.302. The molecule has 0 amide bonds. The third kappa shape index (κ3) is 6.03. The van der Waals surface area contributed by atoms with Crippen molar-refractivity contribution < 1.29 is 33.7 Å². The Hall–Kier alpha value is -2.51. The molecule has 7 heteroatoms. The van der Waals surface area contributed by atoms with Gasteiger partial charge in [0.15, 0.2) is 5.78 Å². The van der Waals surface area contributed by atoms with Crippen molar-refractivity contribution >= 4 is 17.7 Å². The molecule has 3 rings (SSSR count). The summed E-state index contributed by atoms with van der Waals surface area (Å²) in [7, 11) is 2.96. The van der Waals surface area contributed by atoms with Crippen LogP contribution in [-0.4, -0.2) is 54.9 Å². The van der Waals surface area contributed by atoms with Crippen molar-refractivity contribution in [3.8, 4) is 0 Å². The number of carbonyl (C=O) groups is 3. The summed E-state index contributed by atoms with van der Waals surface area (Å²) >= 11 is 0. The lowest BCUT2D eigenvalue weighted by molar-refractivity contribution is -0.206. The molecular formula is C34H50O7. The van der Waals surface area contributed by atoms with E-state index in [0.717, 1.165) is 36.0 Å². The maximum atomic E-state index is 13.6. The van der Waals surface area contributed by atoms with Crippen molar-refractivity contribution in [1.29, 1.82) is 0 Å². The number of methoxy groups -OCH3 is 2. The van der Waals surface area contributed by atoms with E-state index in [1.807, 2.05) is 51.2 Å². The SMILES string of the molecule is COC(=O)[C@@]1(C)[C@H](OC(C)=O)CC[C@]2(C)C3CC(=O)/C(=C(C)/C=C/C=C(C)/C=C/C(OC)C(C)(C)O)[C@@]3(C)CC[C@@H]12. The van der Waals surface area contributed by atoms with Gasteiger partial charge in [-0.1, -0.05) is 49.8 Å². The Morgan fingerprint density at radius 3 is 2.24 bits per heavy atom. The highest BCUT2D eigenvalue weighted by atomic mass is 16.6. The second-order valence-electron chi connectivity index (χ2n) is 13.6. The molecular weight excluding hydrogens is 520 g/mol. The van der Waals surface area contributed by atoms with Crippen molar-refractivity contribution in [1.82, 2.24) is 0 Å². The van der Waals surface area contributed by atoms with E-state index < -0.39 is 29.2 Å². The first-order valence-corrected chi connectivity index (χ1v) is 14.7. The predicted octanol–water partition coefficient (Wildman–Crippen LogP) is 6.06. The number of Topliss-reactive ketones (excluding diaryl/α,β-unsaturated/α-hetero) is 1. The van der Waals surface area contributed by atoms with Crippen LogP contribution in [-0.2, 0) is 28.6 Å². The number of esters is 2. The van der Waals surface area contributed by atoms with Crippen LogP contribution in [0.25, 0.3) is 0 Å². The number of allylic oxidation sites excluding steroid dienone is 7. The second-order valence-corrected chi connectivity index (χ2v) is 13.6. The number of hydrogen-bond donors (Lipinski definition) is 1. The van der Waals surface area contributed by atoms with Crippen molar-refractivity contribution in [2.45, 2.75) is 105 Å². The Morgan fingerprint density at radius 1 is 1.02 bits per heavy atom. The standard InChI is InChI=1S/C34H50O7/c1-21(14-15-27(39-9)31(4,5)38)12-11-13-22(2)29-24(36)20-26-32(6)19-17-28(41-23(3)35)34(8,30(37)40-10)25(32)16-18-33(26,29)7/h11-15,25-28,38H,16-20H2,1-10H3/b13-11+,15-14+,21-12+,29-22-/t25-,26?,27?,28-,32+,33+,34-/m1/s1. The van der Waals surface area contributed by atoms with Crippen molar-refractivity contribution in [2.75, 3.05) is 14.2 Å². The summed E-state index contributed by atoms with van der Waals surface area (Å²) < 4.78 is 16.4. The van der Waals surface area contributed by atoms with Crippen molar-refractivity contribution in [2.24, 2.45) is 28.1 Å². The molecule has 3 saturated carbocycles. The minimum absolute atomic E-state index is 0.0705. The van der Waals surface area contributed by atoms with Gasteiger partial charge in [0, 0.05) is 31.4 Å². The quantitative estimate of drug-likeness (QED) is 0.215. The van der Waals surface area contributed by atoms with Crippen LogP contribution in [0.5, 0.6) is 0 Å². The number of ketones is 1. The highest BCUT2D eigenvalue weighted by Crippen LogP contribution is 2.69. The maximum Gasteiger partial charge on any atom is 0.315 e. The Morgan fingerprint density at radius 2 is 1.68 bits per heavy atom. The summed E-state index contributed by atoms with van der Waals surface area (Å²) in [4.78, 5) is 38.9. The molecule has 0 radical (unpaired) electrons. The Kier molecular flexibility index (Phi) is 9.66. The van der Waals surface area contributed by atoms with Gasteiger partial charge in [0.25, 0.3) is 0 Å². The lowest BCUT2D eigenvalue weighted by Gasteiger charge is -2.61. The first-order chi connectivity index (χ1) is 19.0. The molecule has 3 aliphatic carbocycles. The zero-order valence-corrected chi connectivity index (χ0v) is 26.6. The zero-order chi connectivity index (χ0) is 31.0. The van der Waals surface area contributed by atoms with Crippen molar-refractivity contribution in [3.05, 3.63) is 47.1 Å². The van der Waals surface area contributed by atoms with Crippen LogP contribution in [0.15, 0.2) is 47.1 Å². The summed E-state index contributed by atoms with van der Waals surface area (Å²) in [5, 5.41) is 10.2. The van der Waals surface area contributed by atoms with Gasteiger partial charge < -0.3 is 19.3 Å². The number of hydrogen-bond acceptors (Lipinski definition) is 7. The van der Waals surface area contributed by atoms with Gasteiger partial charge in [-0.3, -0.25) is 14.4 Å². The molecule has 3 aliphatic rings. The monoisotopic (exact) mass is 570 g/mol. The van der Waals surface area contributed by atoms with Crippen LogP contribution in [0.4, 0.5) is 0 Å². The summed E-state index contributed by atoms with van der Waals surface area (Å²) in [5.74, 6) is -0.558. The van der Waals surface area contributed by atoms with Gasteiger partial charge in [-0.15, -0.1) is 0 Å². The van der Waals surface area contributed by atoms with Crippen LogP contribution in [0.2, 0.25) is 0 Å². The number of rotatable bonds is 8. The molecule has 0 aromatic rings. The molecule has 0 aromatic carbocycles. The lowest BCUT2D eigenvalue weighted by Crippen LogP contribution is -2.62. The summed E-state index contributed by atoms with van der Waals surface area (Å²) in [6, 6.07) is 0. The summed E-state index contributed by atoms with van der Waals surface area (Å²) in [6.45, 7) is 15.1. The van der Waals surface area contributed by atoms with Gasteiger partial charge in [0.2, 0.25) is 0 Å². The van der Waals surface area contributed by atoms with Crippen LogP contribution < -0.4 is 0 Å². The molecule has 0 aromatic heterocycles. The fourth-order valence-corrected chi connectivity index (χ4v) is 8.45. The molecule has 0 heterocycles. The van der Waals surface area contributed by atoms with E-state index in [1.165, 1.54) is 14.0 Å². The van der Waals surface area contributed by atoms with Gasteiger partial charge in [0.05, 0.1) is 12.7 Å². The highest BCUT2D eigenvalue weighted by molar-refractivity contribution is 6.01. The van der Waals surface area contributed by atoms with Crippen LogP contribution in [0, 0.1) is 28.1 Å². The van der Waals surface area contributed by atoms with E-state index in [9.17, 15) is 19.5 Å². The van der Waals surface area contributed by atoms with Gasteiger partial charge >= 0.3 is 11.9 Å². The molecule has 3 fully saturated rings. The maximum absolute atomic E-state index is 13.6. The number of carbonyl (C=O) groups excluding carboxylic acids is 3. The summed E-state index contributed by atoms with van der Waals surface area (Å²) in [6.07, 6.45) is 12.1. The Balaban J connectivity index is 1.92. The molecule has 2 unspecified atom stereocenters. The van der Waals surface area contributed by atoms with Crippen LogP contribution >= 0.6 is 0 Å². The highest BCUT2D eigenvalue weighted by Gasteiger charge is 2.68. The first-order valence-electron chi connectivity index (χ1n) is 14.7. The zero-order valence-electron chi connectivity index (χ0n) is 26.6. The molecule has 1 N–H and O–H groups in total. The molecule has 7 atom stereocenters. The second kappa shape index (κ2) is 12.0. The molecule has 0 saturated heterocycles. The van der Waals surface area contributed by atoms with Gasteiger partial charge in [-0.25, -0.2) is 0 Å². The normalized spacial score (nSPS) is 36.2.